The third-order valence-corrected chi connectivity index (χ3v) is 4.45. The Bertz CT molecular complexity index is 591. The van der Waals surface area contributed by atoms with E-state index in [-0.39, 0.29) is 11.3 Å². The van der Waals surface area contributed by atoms with Gasteiger partial charge in [0.1, 0.15) is 11.3 Å². The van der Waals surface area contributed by atoms with Crippen molar-refractivity contribution >= 4 is 17.6 Å². The van der Waals surface area contributed by atoms with Crippen molar-refractivity contribution in [2.24, 2.45) is 5.41 Å². The van der Waals surface area contributed by atoms with Crippen LogP contribution in [0.25, 0.3) is 0 Å². The van der Waals surface area contributed by atoms with E-state index in [0.717, 1.165) is 32.1 Å². The summed E-state index contributed by atoms with van der Waals surface area (Å²) < 4.78 is 10.7. The van der Waals surface area contributed by atoms with Crippen molar-refractivity contribution in [3.8, 4) is 5.75 Å². The lowest BCUT2D eigenvalue weighted by Gasteiger charge is -2.22. The fraction of sp³-hybridized carbons (Fsp3) is 0.579. The van der Waals surface area contributed by atoms with Crippen molar-refractivity contribution in [2.75, 3.05) is 18.5 Å². The average molecular weight is 333 g/mol. The highest BCUT2D eigenvalue weighted by atomic mass is 16.5. The summed E-state index contributed by atoms with van der Waals surface area (Å²) in [5.74, 6) is 0.0594. The highest BCUT2D eigenvalue weighted by Gasteiger charge is 2.36. The first-order valence-electron chi connectivity index (χ1n) is 8.75. The minimum atomic E-state index is -0.438. The Kier molecular flexibility index (Phi) is 6.23. The van der Waals surface area contributed by atoms with Crippen LogP contribution in [0.5, 0.6) is 5.75 Å². The molecule has 1 amide bonds. The molecule has 0 spiro atoms. The smallest absolute Gasteiger partial charge is 0.341 e. The lowest BCUT2D eigenvalue weighted by atomic mass is 9.88. The van der Waals surface area contributed by atoms with Gasteiger partial charge in [0.05, 0.1) is 13.2 Å². The molecule has 0 aromatic heterocycles. The Labute approximate surface area is 143 Å². The topological polar surface area (TPSA) is 64.6 Å². The van der Waals surface area contributed by atoms with E-state index in [1.807, 2.05) is 13.8 Å². The van der Waals surface area contributed by atoms with Crippen LogP contribution in [0.3, 0.4) is 0 Å². The molecule has 0 unspecified atom stereocenters. The Morgan fingerprint density at radius 3 is 2.54 bits per heavy atom. The molecule has 0 heterocycles. The molecule has 1 aromatic rings. The predicted octanol–water partition coefficient (Wildman–Crippen LogP) is 4.17. The third kappa shape index (κ3) is 4.28. The molecule has 1 saturated carbocycles. The Morgan fingerprint density at radius 1 is 1.21 bits per heavy atom. The number of benzene rings is 1. The Balaban J connectivity index is 2.19. The molecule has 2 rings (SSSR count). The SMILES string of the molecule is CCCOc1ccc(NC(=O)C2(C)CCCC2)cc1C(=O)OCC. The second-order valence-electron chi connectivity index (χ2n) is 6.50. The van der Waals surface area contributed by atoms with Crippen LogP contribution >= 0.6 is 0 Å². The van der Waals surface area contributed by atoms with Crippen molar-refractivity contribution in [2.45, 2.75) is 52.9 Å². The molecular formula is C19H27NO4. The minimum absolute atomic E-state index is 0.0111. The van der Waals surface area contributed by atoms with Crippen molar-refractivity contribution in [3.05, 3.63) is 23.8 Å². The summed E-state index contributed by atoms with van der Waals surface area (Å²) in [4.78, 5) is 24.7. The van der Waals surface area contributed by atoms with E-state index in [4.69, 9.17) is 9.47 Å². The first-order chi connectivity index (χ1) is 11.5. The van der Waals surface area contributed by atoms with Gasteiger partial charge in [-0.05, 0) is 44.4 Å². The summed E-state index contributed by atoms with van der Waals surface area (Å²) in [6.45, 7) is 6.58. The number of hydrogen-bond donors (Lipinski definition) is 1. The largest absolute Gasteiger partial charge is 0.493 e. The van der Waals surface area contributed by atoms with E-state index in [2.05, 4.69) is 5.32 Å². The molecule has 24 heavy (non-hydrogen) atoms. The van der Waals surface area contributed by atoms with E-state index >= 15 is 0 Å². The maximum atomic E-state index is 12.5. The maximum Gasteiger partial charge on any atom is 0.341 e. The minimum Gasteiger partial charge on any atom is -0.493 e. The predicted molar refractivity (Wildman–Crippen MR) is 93.4 cm³/mol. The second-order valence-corrected chi connectivity index (χ2v) is 6.50. The average Bonchev–Trinajstić information content (AvgIpc) is 3.02. The van der Waals surface area contributed by atoms with Crippen LogP contribution in [0.1, 0.15) is 63.2 Å². The summed E-state index contributed by atoms with van der Waals surface area (Å²) in [7, 11) is 0. The second kappa shape index (κ2) is 8.18. The lowest BCUT2D eigenvalue weighted by Crippen LogP contribution is -2.30. The van der Waals surface area contributed by atoms with Gasteiger partial charge in [0, 0.05) is 11.1 Å². The maximum absolute atomic E-state index is 12.5. The molecular weight excluding hydrogens is 306 g/mol. The van der Waals surface area contributed by atoms with Crippen LogP contribution in [0.15, 0.2) is 18.2 Å². The van der Waals surface area contributed by atoms with Crippen LogP contribution in [0.4, 0.5) is 5.69 Å². The molecule has 0 atom stereocenters. The van der Waals surface area contributed by atoms with Crippen molar-refractivity contribution in [1.29, 1.82) is 0 Å². The van der Waals surface area contributed by atoms with Gasteiger partial charge in [0.15, 0.2) is 0 Å². The molecule has 1 aliphatic carbocycles. The first kappa shape index (κ1) is 18.3. The molecule has 1 aromatic carbocycles. The molecule has 0 bridgehead atoms. The number of nitrogens with one attached hydrogen (secondary N) is 1. The van der Waals surface area contributed by atoms with Gasteiger partial charge in [0.2, 0.25) is 5.91 Å². The van der Waals surface area contributed by atoms with Gasteiger partial charge in [-0.1, -0.05) is 26.7 Å². The van der Waals surface area contributed by atoms with Gasteiger partial charge in [-0.15, -0.1) is 0 Å². The molecule has 1 N–H and O–H groups in total. The number of anilines is 1. The number of hydrogen-bond acceptors (Lipinski definition) is 4. The van der Waals surface area contributed by atoms with Crippen LogP contribution in [-0.4, -0.2) is 25.1 Å². The summed E-state index contributed by atoms with van der Waals surface area (Å²) >= 11 is 0. The molecule has 5 heteroatoms. The summed E-state index contributed by atoms with van der Waals surface area (Å²) in [5, 5.41) is 2.94. The van der Waals surface area contributed by atoms with Crippen LogP contribution in [-0.2, 0) is 9.53 Å². The van der Waals surface area contributed by atoms with E-state index in [9.17, 15) is 9.59 Å². The number of esters is 1. The number of amides is 1. The number of carbonyl (C=O) groups is 2. The molecule has 132 valence electrons. The van der Waals surface area contributed by atoms with Crippen molar-refractivity contribution < 1.29 is 19.1 Å². The highest BCUT2D eigenvalue weighted by molar-refractivity contribution is 5.98. The number of carbonyl (C=O) groups excluding carboxylic acids is 2. The quantitative estimate of drug-likeness (QED) is 0.761. The Hall–Kier alpha value is -2.04. The van der Waals surface area contributed by atoms with Crippen LogP contribution in [0, 0.1) is 5.41 Å². The summed E-state index contributed by atoms with van der Waals surface area (Å²) in [6.07, 6.45) is 4.82. The van der Waals surface area contributed by atoms with E-state index in [1.54, 1.807) is 25.1 Å². The zero-order chi connectivity index (χ0) is 17.6. The molecule has 5 nitrogen and oxygen atoms in total. The fourth-order valence-electron chi connectivity index (χ4n) is 2.98. The first-order valence-corrected chi connectivity index (χ1v) is 8.75. The highest BCUT2D eigenvalue weighted by Crippen LogP contribution is 2.38. The molecule has 1 aliphatic rings. The van der Waals surface area contributed by atoms with E-state index in [0.29, 0.717) is 30.2 Å². The van der Waals surface area contributed by atoms with E-state index in [1.165, 1.54) is 0 Å². The molecule has 1 fully saturated rings. The zero-order valence-electron chi connectivity index (χ0n) is 14.8. The van der Waals surface area contributed by atoms with E-state index < -0.39 is 5.97 Å². The van der Waals surface area contributed by atoms with Gasteiger partial charge >= 0.3 is 5.97 Å². The van der Waals surface area contributed by atoms with Gasteiger partial charge in [-0.25, -0.2) is 4.79 Å². The van der Waals surface area contributed by atoms with Gasteiger partial charge in [-0.2, -0.15) is 0 Å². The van der Waals surface area contributed by atoms with Gasteiger partial charge < -0.3 is 14.8 Å². The number of ether oxygens (including phenoxy) is 2. The van der Waals surface area contributed by atoms with Crippen molar-refractivity contribution in [1.82, 2.24) is 0 Å². The normalized spacial score (nSPS) is 15.8. The molecule has 0 radical (unpaired) electrons. The molecule has 0 aliphatic heterocycles. The van der Waals surface area contributed by atoms with Gasteiger partial charge in [0.25, 0.3) is 0 Å². The third-order valence-electron chi connectivity index (χ3n) is 4.45. The zero-order valence-corrected chi connectivity index (χ0v) is 14.8. The molecule has 0 saturated heterocycles. The monoisotopic (exact) mass is 333 g/mol. The van der Waals surface area contributed by atoms with Crippen LogP contribution < -0.4 is 10.1 Å². The lowest BCUT2D eigenvalue weighted by molar-refractivity contribution is -0.124. The summed E-state index contributed by atoms with van der Waals surface area (Å²) in [5.41, 5.74) is 0.626. The summed E-state index contributed by atoms with van der Waals surface area (Å²) in [6, 6.07) is 5.12. The fourth-order valence-corrected chi connectivity index (χ4v) is 2.98. The Morgan fingerprint density at radius 2 is 1.92 bits per heavy atom. The van der Waals surface area contributed by atoms with Gasteiger partial charge in [-0.3, -0.25) is 4.79 Å². The standard InChI is InChI=1S/C19H27NO4/c1-4-12-24-16-9-8-14(13-15(16)17(21)23-5-2)20-18(22)19(3)10-6-7-11-19/h8-9,13H,4-7,10-12H2,1-3H3,(H,20,22). The van der Waals surface area contributed by atoms with Crippen LogP contribution in [0.2, 0.25) is 0 Å². The van der Waals surface area contributed by atoms with Crippen molar-refractivity contribution in [3.63, 3.8) is 0 Å². The number of rotatable bonds is 7.